The molecule has 2 heterocycles. The quantitative estimate of drug-likeness (QED) is 0.477. The van der Waals surface area contributed by atoms with Gasteiger partial charge in [-0.05, 0) is 23.8 Å². The Morgan fingerprint density at radius 3 is 2.06 bits per heavy atom. The number of methoxy groups -OCH3 is 3. The van der Waals surface area contributed by atoms with Gasteiger partial charge in [0.15, 0.2) is 22.7 Å². The maximum absolute atomic E-state index is 13.0. The normalized spacial score (nSPS) is 11.1. The summed E-state index contributed by atoms with van der Waals surface area (Å²) in [6.45, 7) is 7.66. The average Bonchev–Trinajstić information content (AvgIpc) is 3.13. The molecule has 0 aliphatic carbocycles. The van der Waals surface area contributed by atoms with Crippen LogP contribution in [-0.4, -0.2) is 40.0 Å². The maximum Gasteiger partial charge on any atom is 0.333 e. The van der Waals surface area contributed by atoms with Crippen molar-refractivity contribution >= 4 is 23.3 Å². The van der Waals surface area contributed by atoms with E-state index in [1.54, 1.807) is 50.1 Å². The molecule has 2 aromatic heterocycles. The molecule has 0 atom stereocenters. The fraction of sp³-hybridized carbons (Fsp3) is 0.261. The van der Waals surface area contributed by atoms with Crippen LogP contribution in [0.5, 0.6) is 17.2 Å². The Balaban J connectivity index is 2.19. The van der Waals surface area contributed by atoms with E-state index in [1.165, 1.54) is 17.8 Å². The third-order valence-corrected chi connectivity index (χ3v) is 5.01. The van der Waals surface area contributed by atoms with Crippen LogP contribution in [0.2, 0.25) is 0 Å². The van der Waals surface area contributed by atoms with Crippen LogP contribution in [0.4, 0.5) is 0 Å². The number of aromatic nitrogens is 4. The van der Waals surface area contributed by atoms with Crippen molar-refractivity contribution < 1.29 is 14.2 Å². The predicted molar refractivity (Wildman–Crippen MR) is 125 cm³/mol. The number of nitrogens with zero attached hydrogens (tertiary/aromatic N) is 4. The van der Waals surface area contributed by atoms with E-state index >= 15 is 0 Å². The lowest BCUT2D eigenvalue weighted by Crippen LogP contribution is -2.40. The lowest BCUT2D eigenvalue weighted by molar-refractivity contribution is 0.324. The van der Waals surface area contributed by atoms with E-state index in [2.05, 4.69) is 18.1 Å². The monoisotopic (exact) mass is 438 g/mol. The third-order valence-electron chi connectivity index (χ3n) is 5.01. The van der Waals surface area contributed by atoms with Crippen molar-refractivity contribution in [1.29, 1.82) is 0 Å². The number of ether oxygens (including phenoxy) is 3. The van der Waals surface area contributed by atoms with E-state index in [0.29, 0.717) is 34.2 Å². The van der Waals surface area contributed by atoms with Crippen LogP contribution in [0.15, 0.2) is 47.0 Å². The van der Waals surface area contributed by atoms with Gasteiger partial charge in [-0.15, -0.1) is 13.2 Å². The van der Waals surface area contributed by atoms with Gasteiger partial charge in [0.05, 0.1) is 21.3 Å². The minimum Gasteiger partial charge on any atom is -0.493 e. The molecule has 9 nitrogen and oxygen atoms in total. The first kappa shape index (κ1) is 22.7. The summed E-state index contributed by atoms with van der Waals surface area (Å²) in [7, 11) is 6.36. The lowest BCUT2D eigenvalue weighted by atomic mass is 10.1. The van der Waals surface area contributed by atoms with Crippen LogP contribution in [0, 0.1) is 0 Å². The Morgan fingerprint density at radius 1 is 0.938 bits per heavy atom. The first-order valence-corrected chi connectivity index (χ1v) is 9.81. The van der Waals surface area contributed by atoms with Crippen molar-refractivity contribution in [3.8, 4) is 17.2 Å². The van der Waals surface area contributed by atoms with E-state index in [1.807, 2.05) is 6.08 Å². The molecule has 3 rings (SSSR count). The van der Waals surface area contributed by atoms with Crippen LogP contribution in [-0.2, 0) is 20.1 Å². The van der Waals surface area contributed by atoms with Crippen molar-refractivity contribution in [2.75, 3.05) is 21.3 Å². The summed E-state index contributed by atoms with van der Waals surface area (Å²) in [6, 6.07) is 3.59. The number of rotatable bonds is 9. The molecule has 168 valence electrons. The summed E-state index contributed by atoms with van der Waals surface area (Å²) in [5, 5.41) is 0. The van der Waals surface area contributed by atoms with Crippen molar-refractivity contribution in [1.82, 2.24) is 18.7 Å². The second kappa shape index (κ2) is 9.42. The standard InChI is InChI=1S/C23H26N4O5/c1-7-11-26-21-19(22(28)27(12-8-2)23(26)29)25(3)18(24-21)10-9-15-13-16(30-4)20(32-6)17(14-15)31-5/h7-10,13-14H,1-2,11-12H2,3-6H3. The molecule has 0 fully saturated rings. The molecule has 0 saturated heterocycles. The molecular formula is C23H26N4O5. The van der Waals surface area contributed by atoms with Gasteiger partial charge in [0, 0.05) is 20.1 Å². The highest BCUT2D eigenvalue weighted by Crippen LogP contribution is 2.38. The van der Waals surface area contributed by atoms with Crippen LogP contribution in [0.3, 0.4) is 0 Å². The minimum absolute atomic E-state index is 0.104. The van der Waals surface area contributed by atoms with Gasteiger partial charge < -0.3 is 18.8 Å². The van der Waals surface area contributed by atoms with Crippen LogP contribution in [0.25, 0.3) is 23.3 Å². The fourth-order valence-corrected chi connectivity index (χ4v) is 3.48. The number of imidazole rings is 1. The molecule has 9 heteroatoms. The number of hydrogen-bond donors (Lipinski definition) is 0. The van der Waals surface area contributed by atoms with Crippen molar-refractivity contribution in [3.63, 3.8) is 0 Å². The zero-order valence-electron chi connectivity index (χ0n) is 18.6. The summed E-state index contributed by atoms with van der Waals surface area (Å²) in [5.41, 5.74) is 0.511. The molecule has 0 amide bonds. The smallest absolute Gasteiger partial charge is 0.333 e. The second-order valence-electron chi connectivity index (χ2n) is 6.88. The van der Waals surface area contributed by atoms with E-state index in [9.17, 15) is 9.59 Å². The molecule has 1 aromatic carbocycles. The molecule has 0 bridgehead atoms. The van der Waals surface area contributed by atoms with Gasteiger partial charge in [0.25, 0.3) is 5.56 Å². The maximum atomic E-state index is 13.0. The molecule has 3 aromatic rings. The Morgan fingerprint density at radius 2 is 1.53 bits per heavy atom. The van der Waals surface area contributed by atoms with Gasteiger partial charge in [-0.3, -0.25) is 13.9 Å². The van der Waals surface area contributed by atoms with Crippen molar-refractivity contribution in [2.24, 2.45) is 7.05 Å². The zero-order valence-corrected chi connectivity index (χ0v) is 18.6. The van der Waals surface area contributed by atoms with Gasteiger partial charge in [0.1, 0.15) is 5.82 Å². The third kappa shape index (κ3) is 3.84. The topological polar surface area (TPSA) is 89.5 Å². The first-order valence-electron chi connectivity index (χ1n) is 9.81. The van der Waals surface area contributed by atoms with E-state index in [4.69, 9.17) is 14.2 Å². The lowest BCUT2D eigenvalue weighted by Gasteiger charge is -2.12. The fourth-order valence-electron chi connectivity index (χ4n) is 3.48. The summed E-state index contributed by atoms with van der Waals surface area (Å²) in [5.74, 6) is 2.03. The molecule has 0 aliphatic rings. The molecule has 0 saturated carbocycles. The molecule has 0 radical (unpaired) electrons. The Hall–Kier alpha value is -4.01. The summed E-state index contributed by atoms with van der Waals surface area (Å²) >= 11 is 0. The molecule has 0 N–H and O–H groups in total. The van der Waals surface area contributed by atoms with Crippen LogP contribution < -0.4 is 25.5 Å². The van der Waals surface area contributed by atoms with E-state index in [0.717, 1.165) is 10.1 Å². The molecule has 32 heavy (non-hydrogen) atoms. The highest BCUT2D eigenvalue weighted by atomic mass is 16.5. The molecule has 0 spiro atoms. The SMILES string of the molecule is C=CCn1c(=O)c2c(nc(C=Cc3cc(OC)c(OC)c(OC)c3)n2C)n(CC=C)c1=O. The Bertz CT molecular complexity index is 1300. The van der Waals surface area contributed by atoms with Gasteiger partial charge in [0.2, 0.25) is 5.75 Å². The van der Waals surface area contributed by atoms with E-state index in [-0.39, 0.29) is 13.1 Å². The number of benzene rings is 1. The van der Waals surface area contributed by atoms with Crippen LogP contribution >= 0.6 is 0 Å². The zero-order chi connectivity index (χ0) is 23.4. The largest absolute Gasteiger partial charge is 0.493 e. The average molecular weight is 438 g/mol. The Kier molecular flexibility index (Phi) is 6.67. The molecule has 0 unspecified atom stereocenters. The van der Waals surface area contributed by atoms with Crippen molar-refractivity contribution in [3.05, 3.63) is 69.7 Å². The predicted octanol–water partition coefficient (Wildman–Crippen LogP) is 2.46. The minimum atomic E-state index is -0.458. The van der Waals surface area contributed by atoms with Crippen LogP contribution in [0.1, 0.15) is 11.4 Å². The summed E-state index contributed by atoms with van der Waals surface area (Å²) < 4.78 is 20.3. The van der Waals surface area contributed by atoms with Gasteiger partial charge in [-0.2, -0.15) is 0 Å². The van der Waals surface area contributed by atoms with Gasteiger partial charge >= 0.3 is 5.69 Å². The summed E-state index contributed by atoms with van der Waals surface area (Å²) in [6.07, 6.45) is 6.66. The number of fused-ring (bicyclic) bond motifs is 1. The van der Waals surface area contributed by atoms with Gasteiger partial charge in [-0.1, -0.05) is 18.2 Å². The number of hydrogen-bond acceptors (Lipinski definition) is 6. The second-order valence-corrected chi connectivity index (χ2v) is 6.88. The summed E-state index contributed by atoms with van der Waals surface area (Å²) in [4.78, 5) is 30.3. The highest BCUT2D eigenvalue weighted by molar-refractivity contribution is 5.77. The molecular weight excluding hydrogens is 412 g/mol. The first-order chi connectivity index (χ1) is 15.4. The highest BCUT2D eigenvalue weighted by Gasteiger charge is 2.18. The van der Waals surface area contributed by atoms with Gasteiger partial charge in [-0.25, -0.2) is 9.78 Å². The number of allylic oxidation sites excluding steroid dienone is 2. The van der Waals surface area contributed by atoms with E-state index < -0.39 is 11.2 Å². The molecule has 0 aliphatic heterocycles. The number of aryl methyl sites for hydroxylation is 1. The Labute approximate surface area is 185 Å². The van der Waals surface area contributed by atoms with Crippen molar-refractivity contribution in [2.45, 2.75) is 13.1 Å².